The number of primary amides is 1. The maximum Gasteiger partial charge on any atom is 0.404 e. The number of nitrogens with two attached hydrogens (primary N) is 2. The minimum absolute atomic E-state index is 0.156. The smallest absolute Gasteiger partial charge is 0.404 e. The van der Waals surface area contributed by atoms with Crippen molar-refractivity contribution >= 4 is 27.5 Å². The number of sulfonamides is 1. The second-order valence-electron chi connectivity index (χ2n) is 3.65. The maximum atomic E-state index is 11.9. The number of rotatable bonds is 7. The number of nitro groups is 1. The molecule has 0 fully saturated rings. The number of hydrazine groups is 1. The van der Waals surface area contributed by atoms with E-state index in [-0.39, 0.29) is 29.4 Å². The second-order valence-corrected chi connectivity index (χ2v) is 5.41. The molecule has 0 saturated carbocycles. The molecule has 0 heterocycles. The highest BCUT2D eigenvalue weighted by atomic mass is 32.2. The number of hydrogen-bond donors (Lipinski definition) is 4. The van der Waals surface area contributed by atoms with Crippen LogP contribution >= 0.6 is 0 Å². The Morgan fingerprint density at radius 1 is 1.43 bits per heavy atom. The summed E-state index contributed by atoms with van der Waals surface area (Å²) in [5.74, 6) is 5.11. The predicted octanol–water partition coefficient (Wildman–Crippen LogP) is -0.746. The van der Waals surface area contributed by atoms with Gasteiger partial charge < -0.3 is 15.9 Å². The van der Waals surface area contributed by atoms with E-state index in [1.54, 1.807) is 0 Å². The van der Waals surface area contributed by atoms with Crippen LogP contribution in [-0.2, 0) is 14.8 Å². The van der Waals surface area contributed by atoms with Crippen LogP contribution < -0.4 is 21.7 Å². The van der Waals surface area contributed by atoms with Crippen molar-refractivity contribution < 1.29 is 22.9 Å². The summed E-state index contributed by atoms with van der Waals surface area (Å²) in [6.45, 7) is -0.447. The average molecular weight is 319 g/mol. The van der Waals surface area contributed by atoms with Gasteiger partial charge in [0.05, 0.1) is 9.82 Å². The summed E-state index contributed by atoms with van der Waals surface area (Å²) in [4.78, 5) is 20.1. The number of benzene rings is 1. The Bertz CT molecular complexity index is 646. The molecular formula is C9H13N5O6S. The first-order valence-electron chi connectivity index (χ1n) is 5.45. The van der Waals surface area contributed by atoms with E-state index in [1.807, 2.05) is 0 Å². The monoisotopic (exact) mass is 319 g/mol. The lowest BCUT2D eigenvalue weighted by Gasteiger charge is -2.08. The van der Waals surface area contributed by atoms with Gasteiger partial charge in [-0.15, -0.1) is 0 Å². The van der Waals surface area contributed by atoms with E-state index in [0.717, 1.165) is 18.2 Å². The van der Waals surface area contributed by atoms with Crippen molar-refractivity contribution in [3.63, 3.8) is 0 Å². The largest absolute Gasteiger partial charge is 0.448 e. The lowest BCUT2D eigenvalue weighted by atomic mass is 10.3. The molecule has 11 nitrogen and oxygen atoms in total. The highest BCUT2D eigenvalue weighted by Gasteiger charge is 2.19. The van der Waals surface area contributed by atoms with Crippen molar-refractivity contribution in [1.82, 2.24) is 4.72 Å². The molecule has 0 aromatic heterocycles. The molecule has 0 aliphatic rings. The van der Waals surface area contributed by atoms with Gasteiger partial charge in [-0.2, -0.15) is 0 Å². The lowest BCUT2D eigenvalue weighted by Crippen LogP contribution is -2.29. The van der Waals surface area contributed by atoms with Crippen LogP contribution in [0.15, 0.2) is 23.1 Å². The molecule has 116 valence electrons. The number of anilines is 1. The van der Waals surface area contributed by atoms with Crippen molar-refractivity contribution in [3.8, 4) is 0 Å². The predicted molar refractivity (Wildman–Crippen MR) is 71.6 cm³/mol. The zero-order valence-electron chi connectivity index (χ0n) is 10.6. The van der Waals surface area contributed by atoms with Crippen molar-refractivity contribution in [2.24, 2.45) is 11.6 Å². The van der Waals surface area contributed by atoms with Crippen LogP contribution in [0.3, 0.4) is 0 Å². The summed E-state index contributed by atoms with van der Waals surface area (Å²) in [6, 6.07) is 3.06. The SMILES string of the molecule is NNc1cc(S(=O)(=O)NCCOC(N)=O)ccc1[N+](=O)[O-]. The van der Waals surface area contributed by atoms with Crippen molar-refractivity contribution in [2.75, 3.05) is 18.6 Å². The molecular weight excluding hydrogens is 306 g/mol. The molecule has 1 aromatic carbocycles. The van der Waals surface area contributed by atoms with E-state index in [9.17, 15) is 23.3 Å². The first kappa shape index (κ1) is 16.6. The summed E-state index contributed by atoms with van der Waals surface area (Å²) >= 11 is 0. The van der Waals surface area contributed by atoms with E-state index in [4.69, 9.17) is 11.6 Å². The topological polar surface area (TPSA) is 180 Å². The van der Waals surface area contributed by atoms with Crippen LogP contribution in [0, 0.1) is 10.1 Å². The fourth-order valence-electron chi connectivity index (χ4n) is 1.37. The van der Waals surface area contributed by atoms with Crippen LogP contribution in [0.1, 0.15) is 0 Å². The number of carbonyl (C=O) groups is 1. The van der Waals surface area contributed by atoms with Gasteiger partial charge >= 0.3 is 6.09 Å². The lowest BCUT2D eigenvalue weighted by molar-refractivity contribution is -0.384. The third kappa shape index (κ3) is 4.55. The van der Waals surface area contributed by atoms with Gasteiger partial charge in [0.2, 0.25) is 10.0 Å². The molecule has 0 bridgehead atoms. The first-order valence-corrected chi connectivity index (χ1v) is 6.93. The molecule has 0 radical (unpaired) electrons. The van der Waals surface area contributed by atoms with E-state index < -0.39 is 21.0 Å². The molecule has 1 rings (SSSR count). The van der Waals surface area contributed by atoms with Gasteiger partial charge in [0.1, 0.15) is 12.3 Å². The van der Waals surface area contributed by atoms with E-state index in [2.05, 4.69) is 14.9 Å². The summed E-state index contributed by atoms with van der Waals surface area (Å²) in [5.41, 5.74) is 6.24. The maximum absolute atomic E-state index is 11.9. The summed E-state index contributed by atoms with van der Waals surface area (Å²) < 4.78 is 30.3. The normalized spacial score (nSPS) is 10.9. The van der Waals surface area contributed by atoms with E-state index in [1.165, 1.54) is 0 Å². The Hall–Kier alpha value is -2.44. The first-order chi connectivity index (χ1) is 9.77. The Morgan fingerprint density at radius 3 is 2.62 bits per heavy atom. The Balaban J connectivity index is 2.88. The molecule has 0 aliphatic heterocycles. The van der Waals surface area contributed by atoms with Crippen LogP contribution in [0.25, 0.3) is 0 Å². The highest BCUT2D eigenvalue weighted by Crippen LogP contribution is 2.26. The summed E-state index contributed by atoms with van der Waals surface area (Å²) in [7, 11) is -3.93. The van der Waals surface area contributed by atoms with Gasteiger partial charge in [0.25, 0.3) is 5.69 Å². The average Bonchev–Trinajstić information content (AvgIpc) is 2.42. The van der Waals surface area contributed by atoms with Crippen LogP contribution in [-0.4, -0.2) is 32.6 Å². The molecule has 0 spiro atoms. The third-order valence-electron chi connectivity index (χ3n) is 2.27. The summed E-state index contributed by atoms with van der Waals surface area (Å²) in [6.07, 6.45) is -1.03. The number of nitro benzene ring substituents is 1. The van der Waals surface area contributed by atoms with E-state index >= 15 is 0 Å². The number of hydrogen-bond acceptors (Lipinski definition) is 8. The van der Waals surface area contributed by atoms with Crippen LogP contribution in [0.2, 0.25) is 0 Å². The fourth-order valence-corrected chi connectivity index (χ4v) is 2.41. The molecule has 0 saturated heterocycles. The Kier molecular flexibility index (Phi) is 5.40. The van der Waals surface area contributed by atoms with Crippen molar-refractivity contribution in [3.05, 3.63) is 28.3 Å². The molecule has 6 N–H and O–H groups in total. The number of carbonyl (C=O) groups excluding carboxylic acids is 1. The standard InChI is InChI=1S/C9H13N5O6S/c10-9(15)20-4-3-12-21(18,19)6-1-2-8(14(16)17)7(5-6)13-11/h1-2,5,12-13H,3-4,11H2,(H2,10,15). The van der Waals surface area contributed by atoms with E-state index in [0.29, 0.717) is 0 Å². The van der Waals surface area contributed by atoms with Crippen molar-refractivity contribution in [1.29, 1.82) is 0 Å². The van der Waals surface area contributed by atoms with Gasteiger partial charge in [-0.1, -0.05) is 0 Å². The highest BCUT2D eigenvalue weighted by molar-refractivity contribution is 7.89. The number of nitrogen functional groups attached to an aromatic ring is 1. The number of nitrogens with one attached hydrogen (secondary N) is 2. The molecule has 0 unspecified atom stereocenters. The minimum Gasteiger partial charge on any atom is -0.448 e. The zero-order chi connectivity index (χ0) is 16.0. The molecule has 1 amide bonds. The van der Waals surface area contributed by atoms with Gasteiger partial charge in [-0.3, -0.25) is 16.0 Å². The fraction of sp³-hybridized carbons (Fsp3) is 0.222. The third-order valence-corrected chi connectivity index (χ3v) is 3.73. The van der Waals surface area contributed by atoms with Crippen molar-refractivity contribution in [2.45, 2.75) is 4.90 Å². The molecule has 12 heteroatoms. The van der Waals surface area contributed by atoms with Gasteiger partial charge in [0, 0.05) is 12.6 Å². The van der Waals surface area contributed by atoms with Gasteiger partial charge in [0.15, 0.2) is 0 Å². The van der Waals surface area contributed by atoms with Crippen LogP contribution in [0.4, 0.5) is 16.2 Å². The Morgan fingerprint density at radius 2 is 2.10 bits per heavy atom. The number of nitrogens with zero attached hydrogens (tertiary/aromatic N) is 1. The second kappa shape index (κ2) is 6.83. The summed E-state index contributed by atoms with van der Waals surface area (Å²) in [5, 5.41) is 10.7. The van der Waals surface area contributed by atoms with Crippen LogP contribution in [0.5, 0.6) is 0 Å². The molecule has 0 aliphatic carbocycles. The molecule has 21 heavy (non-hydrogen) atoms. The quantitative estimate of drug-likeness (QED) is 0.219. The number of ether oxygens (including phenoxy) is 1. The molecule has 1 aromatic rings. The van der Waals surface area contributed by atoms with Gasteiger partial charge in [-0.25, -0.2) is 17.9 Å². The minimum atomic E-state index is -3.93. The number of amides is 1. The zero-order valence-corrected chi connectivity index (χ0v) is 11.4. The molecule has 0 atom stereocenters. The van der Waals surface area contributed by atoms with Gasteiger partial charge in [-0.05, 0) is 12.1 Å². The Labute approximate surface area is 119 Å².